The first-order valence-electron chi connectivity index (χ1n) is 6.32. The molecule has 25 heavy (non-hydrogen) atoms. The molecule has 2 rings (SSSR count). The molecule has 0 unspecified atom stereocenters. The van der Waals surface area contributed by atoms with Crippen molar-refractivity contribution in [2.24, 2.45) is 0 Å². The zero-order chi connectivity index (χ0) is 19.0. The third-order valence-corrected chi connectivity index (χ3v) is 8.55. The number of sulfone groups is 2. The predicted octanol–water partition coefficient (Wildman–Crippen LogP) is 1.42. The maximum absolute atomic E-state index is 13.6. The molecular formula is C13H10F2O7S3. The fraction of sp³-hybridized carbons (Fsp3) is 0.0769. The topological polar surface area (TPSA) is 123 Å². The summed E-state index contributed by atoms with van der Waals surface area (Å²) >= 11 is 0. The molecule has 1 N–H and O–H groups in total. The van der Waals surface area contributed by atoms with Crippen LogP contribution in [0.5, 0.6) is 0 Å². The van der Waals surface area contributed by atoms with Gasteiger partial charge in [0.2, 0.25) is 0 Å². The zero-order valence-electron chi connectivity index (χ0n) is 12.1. The lowest BCUT2D eigenvalue weighted by molar-refractivity contribution is 0.479. The molecule has 0 fully saturated rings. The zero-order valence-corrected chi connectivity index (χ0v) is 14.6. The van der Waals surface area contributed by atoms with Crippen LogP contribution in [0.1, 0.15) is 0 Å². The van der Waals surface area contributed by atoms with Gasteiger partial charge in [-0.05, 0) is 24.3 Å². The maximum atomic E-state index is 13.6. The van der Waals surface area contributed by atoms with Crippen LogP contribution in [0.2, 0.25) is 0 Å². The van der Waals surface area contributed by atoms with Gasteiger partial charge in [0.15, 0.2) is 24.8 Å². The normalized spacial score (nSPS) is 12.9. The Kier molecular flexibility index (Phi) is 5.01. The summed E-state index contributed by atoms with van der Waals surface area (Å²) in [6.45, 7) is 0. The second-order valence-corrected chi connectivity index (χ2v) is 10.5. The monoisotopic (exact) mass is 412 g/mol. The van der Waals surface area contributed by atoms with Gasteiger partial charge in [0.25, 0.3) is 10.1 Å². The van der Waals surface area contributed by atoms with Crippen LogP contribution in [-0.4, -0.2) is 34.9 Å². The number of benzene rings is 2. The van der Waals surface area contributed by atoms with E-state index in [1.807, 2.05) is 0 Å². The van der Waals surface area contributed by atoms with E-state index < -0.39 is 61.2 Å². The second-order valence-electron chi connectivity index (χ2n) is 4.84. The molecular weight excluding hydrogens is 402 g/mol. The molecule has 7 nitrogen and oxygen atoms in total. The van der Waals surface area contributed by atoms with Crippen molar-refractivity contribution < 1.29 is 38.6 Å². The molecule has 136 valence electrons. The lowest BCUT2D eigenvalue weighted by Crippen LogP contribution is -2.20. The molecule has 0 aromatic heterocycles. The highest BCUT2D eigenvalue weighted by Crippen LogP contribution is 2.25. The molecule has 0 amide bonds. The van der Waals surface area contributed by atoms with Crippen molar-refractivity contribution in [3.8, 4) is 0 Å². The van der Waals surface area contributed by atoms with E-state index in [2.05, 4.69) is 0 Å². The second kappa shape index (κ2) is 6.44. The van der Waals surface area contributed by atoms with E-state index in [9.17, 15) is 34.0 Å². The lowest BCUT2D eigenvalue weighted by atomic mass is 10.3. The Bertz CT molecular complexity index is 1140. The number of hydrogen-bond donors (Lipinski definition) is 1. The van der Waals surface area contributed by atoms with Crippen LogP contribution in [0, 0.1) is 11.6 Å². The van der Waals surface area contributed by atoms with E-state index in [0.29, 0.717) is 12.1 Å². The highest BCUT2D eigenvalue weighted by molar-refractivity contribution is 8.08. The van der Waals surface area contributed by atoms with Crippen molar-refractivity contribution in [1.29, 1.82) is 0 Å². The molecule has 0 aliphatic heterocycles. The molecule has 0 aliphatic rings. The largest absolute Gasteiger partial charge is 0.295 e. The molecule has 0 saturated heterocycles. The molecule has 2 aromatic carbocycles. The Balaban J connectivity index is 2.57. The highest BCUT2D eigenvalue weighted by Gasteiger charge is 2.32. The summed E-state index contributed by atoms with van der Waals surface area (Å²) in [5.41, 5.74) is 0. The van der Waals surface area contributed by atoms with Crippen molar-refractivity contribution in [3.05, 3.63) is 54.1 Å². The van der Waals surface area contributed by atoms with Crippen LogP contribution in [0.3, 0.4) is 0 Å². The number of rotatable bonds is 5. The summed E-state index contributed by atoms with van der Waals surface area (Å²) in [6.07, 6.45) is 0. The molecule has 0 heterocycles. The van der Waals surface area contributed by atoms with Gasteiger partial charge in [-0.1, -0.05) is 12.1 Å². The highest BCUT2D eigenvalue weighted by atomic mass is 32.3. The van der Waals surface area contributed by atoms with Gasteiger partial charge in [0.1, 0.15) is 21.4 Å². The Morgan fingerprint density at radius 1 is 0.760 bits per heavy atom. The molecule has 0 radical (unpaired) electrons. The van der Waals surface area contributed by atoms with E-state index in [1.54, 1.807) is 0 Å². The van der Waals surface area contributed by atoms with Crippen molar-refractivity contribution in [1.82, 2.24) is 0 Å². The fourth-order valence-electron chi connectivity index (χ4n) is 1.98. The Morgan fingerprint density at radius 3 is 1.80 bits per heavy atom. The van der Waals surface area contributed by atoms with E-state index >= 15 is 0 Å². The van der Waals surface area contributed by atoms with Crippen molar-refractivity contribution in [2.75, 3.05) is 5.08 Å². The Labute approximate surface area is 142 Å². The molecule has 12 heteroatoms. The minimum Gasteiger partial charge on any atom is -0.282 e. The van der Waals surface area contributed by atoms with Crippen LogP contribution < -0.4 is 0 Å². The molecule has 0 bridgehead atoms. The van der Waals surface area contributed by atoms with Crippen LogP contribution >= 0.6 is 0 Å². The molecule has 0 aliphatic carbocycles. The van der Waals surface area contributed by atoms with Gasteiger partial charge in [-0.25, -0.2) is 25.6 Å². The first-order valence-corrected chi connectivity index (χ1v) is 11.1. The lowest BCUT2D eigenvalue weighted by Gasteiger charge is -2.10. The predicted molar refractivity (Wildman–Crippen MR) is 81.9 cm³/mol. The standard InChI is InChI=1S/C13H10F2O7S3/c14-9-5-6-11(10(15)7-9)23(16,17)8-24(18,19)12-3-1-2-4-13(12)25(20,21)22/h1-7H,8H2,(H,20,21,22). The van der Waals surface area contributed by atoms with Crippen LogP contribution in [0.4, 0.5) is 8.78 Å². The summed E-state index contributed by atoms with van der Waals surface area (Å²) in [5, 5.41) is -1.67. The summed E-state index contributed by atoms with van der Waals surface area (Å²) in [5.74, 6) is -2.55. The van der Waals surface area contributed by atoms with Crippen LogP contribution in [0.25, 0.3) is 0 Å². The van der Waals surface area contributed by atoms with Gasteiger partial charge in [0.05, 0.1) is 4.90 Å². The van der Waals surface area contributed by atoms with Gasteiger partial charge in [-0.15, -0.1) is 0 Å². The first kappa shape index (κ1) is 19.4. The summed E-state index contributed by atoms with van der Waals surface area (Å²) in [6, 6.07) is 5.26. The van der Waals surface area contributed by atoms with E-state index in [4.69, 9.17) is 4.55 Å². The maximum Gasteiger partial charge on any atom is 0.295 e. The van der Waals surface area contributed by atoms with E-state index in [-0.39, 0.29) is 6.07 Å². The van der Waals surface area contributed by atoms with Crippen LogP contribution in [-0.2, 0) is 29.8 Å². The smallest absolute Gasteiger partial charge is 0.282 e. The van der Waals surface area contributed by atoms with Gasteiger partial charge < -0.3 is 0 Å². The third kappa shape index (κ3) is 4.21. The average molecular weight is 412 g/mol. The van der Waals surface area contributed by atoms with E-state index in [1.165, 1.54) is 0 Å². The van der Waals surface area contributed by atoms with Crippen molar-refractivity contribution in [2.45, 2.75) is 14.7 Å². The molecule has 0 spiro atoms. The molecule has 0 saturated carbocycles. The number of hydrogen-bond acceptors (Lipinski definition) is 6. The minimum absolute atomic E-state index is 0.269. The quantitative estimate of drug-likeness (QED) is 0.582. The van der Waals surface area contributed by atoms with Crippen LogP contribution in [0.15, 0.2) is 57.2 Å². The third-order valence-electron chi connectivity index (χ3n) is 3.00. The Morgan fingerprint density at radius 2 is 1.28 bits per heavy atom. The van der Waals surface area contributed by atoms with Crippen molar-refractivity contribution in [3.63, 3.8) is 0 Å². The summed E-state index contributed by atoms with van der Waals surface area (Å²) in [7, 11) is -14.5. The van der Waals surface area contributed by atoms with Crippen molar-refractivity contribution >= 4 is 29.8 Å². The van der Waals surface area contributed by atoms with E-state index in [0.717, 1.165) is 24.3 Å². The first-order chi connectivity index (χ1) is 11.3. The Hall–Kier alpha value is -1.89. The average Bonchev–Trinajstić information content (AvgIpc) is 2.44. The summed E-state index contributed by atoms with van der Waals surface area (Å²) < 4.78 is 107. The van der Waals surface area contributed by atoms with Gasteiger partial charge >= 0.3 is 0 Å². The van der Waals surface area contributed by atoms with Gasteiger partial charge in [-0.3, -0.25) is 4.55 Å². The minimum atomic E-state index is -4.95. The fourth-order valence-corrected chi connectivity index (χ4v) is 7.19. The molecule has 2 aromatic rings. The summed E-state index contributed by atoms with van der Waals surface area (Å²) in [4.78, 5) is -3.02. The van der Waals surface area contributed by atoms with Gasteiger partial charge in [-0.2, -0.15) is 8.42 Å². The SMILES string of the molecule is O=S(=O)(O)c1ccccc1S(=O)(=O)CS(=O)(=O)c1ccc(F)cc1F. The molecule has 0 atom stereocenters. The number of halogens is 2. The van der Waals surface area contributed by atoms with Gasteiger partial charge in [0, 0.05) is 6.07 Å².